The van der Waals surface area contributed by atoms with Crippen LogP contribution >= 0.6 is 0 Å². The SMILES string of the molecule is C=C(CCCC)/C(=C\C(C)=C/C)C1CCCN1c1ccn2nc(N)c(C(=C)C)c2n1. The van der Waals surface area contributed by atoms with Crippen LogP contribution in [0.2, 0.25) is 0 Å². The minimum absolute atomic E-state index is 0.285. The van der Waals surface area contributed by atoms with Crippen molar-refractivity contribution in [2.75, 3.05) is 17.2 Å². The van der Waals surface area contributed by atoms with E-state index in [9.17, 15) is 0 Å². The fourth-order valence-corrected chi connectivity index (χ4v) is 4.17. The molecule has 2 aromatic rings. The third-order valence-corrected chi connectivity index (χ3v) is 5.91. The predicted molar refractivity (Wildman–Crippen MR) is 129 cm³/mol. The first-order valence-electron chi connectivity index (χ1n) is 11.0. The number of aromatic nitrogens is 3. The highest BCUT2D eigenvalue weighted by Gasteiger charge is 2.30. The van der Waals surface area contributed by atoms with Crippen molar-refractivity contribution >= 4 is 22.9 Å². The maximum absolute atomic E-state index is 6.12. The van der Waals surface area contributed by atoms with E-state index in [1.807, 2.05) is 19.2 Å². The van der Waals surface area contributed by atoms with Crippen molar-refractivity contribution in [2.24, 2.45) is 0 Å². The van der Waals surface area contributed by atoms with Crippen LogP contribution in [0.25, 0.3) is 11.2 Å². The highest BCUT2D eigenvalue weighted by molar-refractivity contribution is 5.81. The smallest absolute Gasteiger partial charge is 0.167 e. The Hall–Kier alpha value is -2.82. The number of hydrogen-bond acceptors (Lipinski definition) is 4. The number of anilines is 2. The van der Waals surface area contributed by atoms with Crippen molar-refractivity contribution in [3.8, 4) is 0 Å². The Morgan fingerprint density at radius 2 is 2.10 bits per heavy atom. The predicted octanol–water partition coefficient (Wildman–Crippen LogP) is 5.95. The van der Waals surface area contributed by atoms with Gasteiger partial charge >= 0.3 is 0 Å². The molecule has 0 aromatic carbocycles. The summed E-state index contributed by atoms with van der Waals surface area (Å²) in [6.07, 6.45) is 12.0. The van der Waals surface area contributed by atoms with Gasteiger partial charge in [0.15, 0.2) is 11.5 Å². The fourth-order valence-electron chi connectivity index (χ4n) is 4.17. The third-order valence-electron chi connectivity index (χ3n) is 5.91. The lowest BCUT2D eigenvalue weighted by Gasteiger charge is -2.29. The van der Waals surface area contributed by atoms with Crippen LogP contribution in [0.4, 0.5) is 11.6 Å². The second-order valence-electron chi connectivity index (χ2n) is 8.29. The molecule has 1 atom stereocenters. The van der Waals surface area contributed by atoms with E-state index in [1.165, 1.54) is 29.6 Å². The van der Waals surface area contributed by atoms with Gasteiger partial charge in [0.05, 0.1) is 11.6 Å². The second kappa shape index (κ2) is 9.33. The summed E-state index contributed by atoms with van der Waals surface area (Å²) in [6.45, 7) is 17.9. The van der Waals surface area contributed by atoms with Gasteiger partial charge in [-0.25, -0.2) is 9.50 Å². The number of rotatable bonds is 8. The van der Waals surface area contributed by atoms with Crippen molar-refractivity contribution in [1.82, 2.24) is 14.6 Å². The molecule has 0 saturated carbocycles. The zero-order chi connectivity index (χ0) is 21.8. The van der Waals surface area contributed by atoms with Gasteiger partial charge in [0.25, 0.3) is 0 Å². The summed E-state index contributed by atoms with van der Waals surface area (Å²) in [4.78, 5) is 7.38. The normalized spacial score (nSPS) is 17.7. The molecule has 0 amide bonds. The maximum atomic E-state index is 6.12. The van der Waals surface area contributed by atoms with Gasteiger partial charge in [-0.3, -0.25) is 0 Å². The van der Waals surface area contributed by atoms with Crippen LogP contribution in [0.1, 0.15) is 65.4 Å². The van der Waals surface area contributed by atoms with E-state index in [-0.39, 0.29) is 6.04 Å². The van der Waals surface area contributed by atoms with E-state index in [2.05, 4.69) is 56.1 Å². The first kappa shape index (κ1) is 21.9. The first-order chi connectivity index (χ1) is 14.4. The quantitative estimate of drug-likeness (QED) is 0.551. The Morgan fingerprint density at radius 3 is 2.77 bits per heavy atom. The molecule has 1 aliphatic rings. The zero-order valence-electron chi connectivity index (χ0n) is 18.9. The topological polar surface area (TPSA) is 59.5 Å². The van der Waals surface area contributed by atoms with Gasteiger partial charge in [-0.05, 0) is 69.2 Å². The Kier molecular flexibility index (Phi) is 6.80. The van der Waals surface area contributed by atoms with E-state index >= 15 is 0 Å². The van der Waals surface area contributed by atoms with Crippen LogP contribution in [-0.4, -0.2) is 27.2 Å². The number of nitrogens with zero attached hydrogens (tertiary/aromatic N) is 4. The molecule has 0 aliphatic carbocycles. The van der Waals surface area contributed by atoms with Crippen LogP contribution < -0.4 is 10.6 Å². The summed E-state index contributed by atoms with van der Waals surface area (Å²) < 4.78 is 1.74. The molecule has 0 bridgehead atoms. The second-order valence-corrected chi connectivity index (χ2v) is 8.29. The molecule has 160 valence electrons. The molecule has 0 spiro atoms. The summed E-state index contributed by atoms with van der Waals surface area (Å²) in [6, 6.07) is 2.32. The van der Waals surface area contributed by atoms with Crippen LogP contribution in [-0.2, 0) is 0 Å². The monoisotopic (exact) mass is 405 g/mol. The third kappa shape index (κ3) is 4.35. The van der Waals surface area contributed by atoms with Crippen LogP contribution in [0, 0.1) is 0 Å². The lowest BCUT2D eigenvalue weighted by molar-refractivity contribution is 0.725. The van der Waals surface area contributed by atoms with E-state index in [4.69, 9.17) is 10.7 Å². The number of allylic oxidation sites excluding steroid dienone is 4. The van der Waals surface area contributed by atoms with Crippen LogP contribution in [0.5, 0.6) is 0 Å². The average Bonchev–Trinajstić information content (AvgIpc) is 3.32. The Morgan fingerprint density at radius 1 is 1.33 bits per heavy atom. The van der Waals surface area contributed by atoms with Gasteiger partial charge in [0.2, 0.25) is 0 Å². The molecule has 1 unspecified atom stereocenters. The standard InChI is InChI=1S/C25H35N5/c1-7-9-11-19(6)20(16-18(5)8-2)21-12-10-14-29(21)22-13-15-30-25(27-22)23(17(3)4)24(26)28-30/h8,13,15-16,21H,3,6-7,9-12,14H2,1-2,4-5H3,(H2,26,28)/b18-8-,20-16+. The molecular weight excluding hydrogens is 370 g/mol. The lowest BCUT2D eigenvalue weighted by Crippen LogP contribution is -2.32. The molecule has 3 rings (SSSR count). The summed E-state index contributed by atoms with van der Waals surface area (Å²) >= 11 is 0. The maximum Gasteiger partial charge on any atom is 0.167 e. The van der Waals surface area contributed by atoms with Crippen molar-refractivity contribution < 1.29 is 0 Å². The molecule has 2 aromatic heterocycles. The van der Waals surface area contributed by atoms with Gasteiger partial charge in [-0.15, -0.1) is 5.10 Å². The van der Waals surface area contributed by atoms with Crippen LogP contribution in [0.3, 0.4) is 0 Å². The first-order valence-corrected chi connectivity index (χ1v) is 11.0. The lowest BCUT2D eigenvalue weighted by atomic mass is 9.92. The van der Waals surface area contributed by atoms with E-state index in [1.54, 1.807) is 4.52 Å². The van der Waals surface area contributed by atoms with Crippen LogP contribution in [0.15, 0.2) is 54.3 Å². The van der Waals surface area contributed by atoms with Gasteiger partial charge in [-0.2, -0.15) is 0 Å². The summed E-state index contributed by atoms with van der Waals surface area (Å²) in [7, 11) is 0. The summed E-state index contributed by atoms with van der Waals surface area (Å²) in [5.74, 6) is 1.43. The molecule has 1 aliphatic heterocycles. The Labute approximate surface area is 180 Å². The molecule has 5 heteroatoms. The van der Waals surface area contributed by atoms with Crippen molar-refractivity contribution in [3.05, 3.63) is 59.9 Å². The molecular formula is C25H35N5. The minimum atomic E-state index is 0.285. The molecule has 0 radical (unpaired) electrons. The average molecular weight is 406 g/mol. The number of nitrogens with two attached hydrogens (primary N) is 1. The van der Waals surface area contributed by atoms with Gasteiger partial charge in [0, 0.05) is 12.7 Å². The largest absolute Gasteiger partial charge is 0.382 e. The molecule has 5 nitrogen and oxygen atoms in total. The van der Waals surface area contributed by atoms with Gasteiger partial charge in [0.1, 0.15) is 5.82 Å². The van der Waals surface area contributed by atoms with Gasteiger partial charge in [-0.1, -0.05) is 44.2 Å². The van der Waals surface area contributed by atoms with Crippen molar-refractivity contribution in [3.63, 3.8) is 0 Å². The highest BCUT2D eigenvalue weighted by Crippen LogP contribution is 2.34. The summed E-state index contributed by atoms with van der Waals surface area (Å²) in [5.41, 5.74) is 12.4. The zero-order valence-corrected chi connectivity index (χ0v) is 18.9. The number of hydrogen-bond donors (Lipinski definition) is 1. The van der Waals surface area contributed by atoms with E-state index in [0.717, 1.165) is 48.4 Å². The Bertz CT molecular complexity index is 1010. The summed E-state index contributed by atoms with van der Waals surface area (Å²) in [5, 5.41) is 4.39. The number of fused-ring (bicyclic) bond motifs is 1. The molecule has 2 N–H and O–H groups in total. The van der Waals surface area contributed by atoms with E-state index in [0.29, 0.717) is 5.82 Å². The van der Waals surface area contributed by atoms with Crippen molar-refractivity contribution in [2.45, 2.75) is 65.8 Å². The van der Waals surface area contributed by atoms with Crippen molar-refractivity contribution in [1.29, 1.82) is 0 Å². The van der Waals surface area contributed by atoms with E-state index < -0.39 is 0 Å². The minimum Gasteiger partial charge on any atom is -0.382 e. The molecule has 3 heterocycles. The molecule has 1 saturated heterocycles. The number of unbranched alkanes of at least 4 members (excludes halogenated alkanes) is 1. The molecule has 30 heavy (non-hydrogen) atoms. The fraction of sp³-hybridized carbons (Fsp3) is 0.440. The highest BCUT2D eigenvalue weighted by atomic mass is 15.3. The number of nitrogen functional groups attached to an aromatic ring is 1. The van der Waals surface area contributed by atoms with Gasteiger partial charge < -0.3 is 10.6 Å². The Balaban J connectivity index is 2.02. The molecule has 1 fully saturated rings.